The summed E-state index contributed by atoms with van der Waals surface area (Å²) < 4.78 is 25.9. The molecule has 2 atom stereocenters. The molecular weight excluding hydrogens is 582 g/mol. The van der Waals surface area contributed by atoms with Crippen molar-refractivity contribution in [1.29, 1.82) is 0 Å². The van der Waals surface area contributed by atoms with Crippen molar-refractivity contribution in [2.45, 2.75) is 38.6 Å². The second-order valence-electron chi connectivity index (χ2n) is 11.3. The van der Waals surface area contributed by atoms with E-state index in [0.29, 0.717) is 49.5 Å². The number of nitrogens with zero attached hydrogens (tertiary/aromatic N) is 1. The van der Waals surface area contributed by atoms with Crippen LogP contribution in [-0.4, -0.2) is 35.3 Å². The molecule has 1 aliphatic rings. The van der Waals surface area contributed by atoms with Gasteiger partial charge < -0.3 is 23.5 Å². The molecule has 0 fully saturated rings. The zero-order valence-corrected chi connectivity index (χ0v) is 25.6. The minimum atomic E-state index is -1.14. The van der Waals surface area contributed by atoms with Crippen molar-refractivity contribution in [2.24, 2.45) is 7.05 Å². The molecule has 0 saturated heterocycles. The highest BCUT2D eigenvalue weighted by Crippen LogP contribution is 2.49. The van der Waals surface area contributed by atoms with Crippen molar-refractivity contribution < 1.29 is 28.5 Å². The molecule has 2 heterocycles. The van der Waals surface area contributed by atoms with Crippen LogP contribution in [0.15, 0.2) is 77.6 Å². The van der Waals surface area contributed by atoms with Crippen LogP contribution < -0.4 is 14.9 Å². The molecule has 0 radical (unpaired) electrons. The van der Waals surface area contributed by atoms with E-state index in [1.165, 1.54) is 20.1 Å². The average Bonchev–Trinajstić information content (AvgIpc) is 2.98. The van der Waals surface area contributed by atoms with Gasteiger partial charge in [0.05, 0.1) is 29.1 Å². The molecular formula is C35H30ClNO7. The van der Waals surface area contributed by atoms with Crippen LogP contribution in [0.3, 0.4) is 0 Å². The van der Waals surface area contributed by atoms with Crippen LogP contribution >= 0.6 is 11.6 Å². The van der Waals surface area contributed by atoms with Crippen molar-refractivity contribution in [3.8, 4) is 11.5 Å². The maximum absolute atomic E-state index is 14.2. The van der Waals surface area contributed by atoms with Crippen LogP contribution in [0.25, 0.3) is 38.7 Å². The molecule has 0 bridgehead atoms. The molecule has 44 heavy (non-hydrogen) atoms. The fourth-order valence-electron chi connectivity index (χ4n) is 5.97. The number of fused-ring (bicyclic) bond motifs is 5. The summed E-state index contributed by atoms with van der Waals surface area (Å²) in [4.78, 5) is 39.9. The van der Waals surface area contributed by atoms with Gasteiger partial charge in [0.2, 0.25) is 5.43 Å². The summed E-state index contributed by atoms with van der Waals surface area (Å²) in [5, 5.41) is 3.21. The number of aromatic nitrogens is 1. The molecule has 5 aromatic rings. The summed E-state index contributed by atoms with van der Waals surface area (Å²) in [7, 11) is 3.32. The number of benzene rings is 4. The lowest BCUT2D eigenvalue weighted by Gasteiger charge is -2.43. The Morgan fingerprint density at radius 1 is 1.00 bits per heavy atom. The van der Waals surface area contributed by atoms with Gasteiger partial charge in [-0.1, -0.05) is 48.0 Å². The van der Waals surface area contributed by atoms with Crippen molar-refractivity contribution in [1.82, 2.24) is 4.57 Å². The number of carbonyl (C=O) groups excluding carboxylic acids is 2. The molecule has 224 valence electrons. The van der Waals surface area contributed by atoms with Crippen LogP contribution in [0.4, 0.5) is 0 Å². The van der Waals surface area contributed by atoms with E-state index in [2.05, 4.69) is 0 Å². The Morgan fingerprint density at radius 3 is 2.41 bits per heavy atom. The first kappa shape index (κ1) is 29.3. The number of methoxy groups -OCH3 is 1. The number of rotatable bonds is 5. The standard InChI is InChI=1S/C35H30ClNO7/c1-19(38)42-33-30-27(44-35(2,3)34(33)43-28(39)14-13-20-9-8-12-23(36)15-20)18-26(41-5)29-31(30)37(4)25-17-22-11-7-6-10-21(22)16-24(25)32(29)40/h6-18,33-34H,1-5H3/t33-,34-/m0/s1. The number of halogens is 1. The van der Waals surface area contributed by atoms with Crippen LogP contribution in [0.2, 0.25) is 5.02 Å². The second-order valence-corrected chi connectivity index (χ2v) is 11.7. The van der Waals surface area contributed by atoms with Gasteiger partial charge in [-0.3, -0.25) is 9.59 Å². The summed E-state index contributed by atoms with van der Waals surface area (Å²) in [5.74, 6) is -0.597. The lowest BCUT2D eigenvalue weighted by Crippen LogP contribution is -2.52. The van der Waals surface area contributed by atoms with Crippen molar-refractivity contribution in [2.75, 3.05) is 7.11 Å². The fourth-order valence-corrected chi connectivity index (χ4v) is 6.17. The van der Waals surface area contributed by atoms with Gasteiger partial charge in [0.15, 0.2) is 12.2 Å². The number of hydrogen-bond donors (Lipinski definition) is 0. The predicted octanol–water partition coefficient (Wildman–Crippen LogP) is 6.91. The molecule has 0 spiro atoms. The van der Waals surface area contributed by atoms with E-state index >= 15 is 0 Å². The summed E-state index contributed by atoms with van der Waals surface area (Å²) in [6, 6.07) is 20.2. The van der Waals surface area contributed by atoms with E-state index in [4.69, 9.17) is 30.5 Å². The van der Waals surface area contributed by atoms with Gasteiger partial charge in [-0.05, 0) is 60.5 Å². The Morgan fingerprint density at radius 2 is 1.73 bits per heavy atom. The van der Waals surface area contributed by atoms with Crippen LogP contribution in [0.5, 0.6) is 11.5 Å². The molecule has 0 unspecified atom stereocenters. The van der Waals surface area contributed by atoms with E-state index in [1.54, 1.807) is 50.3 Å². The molecule has 8 nitrogen and oxygen atoms in total. The Labute approximate surface area is 258 Å². The highest BCUT2D eigenvalue weighted by Gasteiger charge is 2.50. The van der Waals surface area contributed by atoms with E-state index in [-0.39, 0.29) is 5.43 Å². The zero-order valence-electron chi connectivity index (χ0n) is 24.8. The first-order chi connectivity index (χ1) is 21.0. The number of carbonyl (C=O) groups is 2. The van der Waals surface area contributed by atoms with E-state index < -0.39 is 29.7 Å². The minimum absolute atomic E-state index is 0.247. The highest BCUT2D eigenvalue weighted by molar-refractivity contribution is 6.30. The molecule has 9 heteroatoms. The molecule has 4 aromatic carbocycles. The zero-order chi connectivity index (χ0) is 31.3. The quantitative estimate of drug-likeness (QED) is 0.121. The van der Waals surface area contributed by atoms with Crippen molar-refractivity contribution in [3.63, 3.8) is 0 Å². The van der Waals surface area contributed by atoms with Gasteiger partial charge >= 0.3 is 11.9 Å². The molecule has 0 N–H and O–H groups in total. The Kier molecular flexibility index (Phi) is 7.33. The van der Waals surface area contributed by atoms with E-state index in [9.17, 15) is 14.4 Å². The summed E-state index contributed by atoms with van der Waals surface area (Å²) >= 11 is 6.08. The third-order valence-corrected chi connectivity index (χ3v) is 8.17. The van der Waals surface area contributed by atoms with Gasteiger partial charge in [-0.25, -0.2) is 4.79 Å². The number of esters is 2. The van der Waals surface area contributed by atoms with E-state index in [1.807, 2.05) is 48.0 Å². The Hall–Kier alpha value is -4.82. The van der Waals surface area contributed by atoms with E-state index in [0.717, 1.165) is 10.8 Å². The fraction of sp³-hybridized carbons (Fsp3) is 0.229. The third-order valence-electron chi connectivity index (χ3n) is 7.93. The monoisotopic (exact) mass is 611 g/mol. The lowest BCUT2D eigenvalue weighted by molar-refractivity contribution is -0.185. The second kappa shape index (κ2) is 11.0. The van der Waals surface area contributed by atoms with Gasteiger partial charge in [-0.2, -0.15) is 0 Å². The maximum Gasteiger partial charge on any atom is 0.331 e. The Balaban J connectivity index is 1.57. The number of pyridine rings is 1. The number of ether oxygens (including phenoxy) is 4. The van der Waals surface area contributed by atoms with Crippen molar-refractivity contribution >= 4 is 62.2 Å². The molecule has 1 aliphatic heterocycles. The molecule has 0 saturated carbocycles. The summed E-state index contributed by atoms with van der Waals surface area (Å²) in [6.45, 7) is 4.77. The minimum Gasteiger partial charge on any atom is -0.496 e. The average molecular weight is 612 g/mol. The lowest BCUT2D eigenvalue weighted by atomic mass is 9.86. The topological polar surface area (TPSA) is 93.1 Å². The maximum atomic E-state index is 14.2. The first-order valence-corrected chi connectivity index (χ1v) is 14.4. The molecule has 0 amide bonds. The highest BCUT2D eigenvalue weighted by atomic mass is 35.5. The van der Waals surface area contributed by atoms with Crippen LogP contribution in [0.1, 0.15) is 38.0 Å². The smallest absolute Gasteiger partial charge is 0.331 e. The molecule has 1 aromatic heterocycles. The van der Waals surface area contributed by atoms with Crippen molar-refractivity contribution in [3.05, 3.63) is 99.2 Å². The van der Waals surface area contributed by atoms with Gasteiger partial charge in [0, 0.05) is 36.5 Å². The largest absolute Gasteiger partial charge is 0.496 e. The SMILES string of the molecule is COc1cc2c(c3c1c(=O)c1cc4ccccc4cc1n3C)[C@H](OC(C)=O)[C@H](OC(=O)C=Cc1cccc(Cl)c1)C(C)(C)O2. The summed E-state index contributed by atoms with van der Waals surface area (Å²) in [5.41, 5.74) is 0.843. The third kappa shape index (κ3) is 5.05. The predicted molar refractivity (Wildman–Crippen MR) is 170 cm³/mol. The first-order valence-electron chi connectivity index (χ1n) is 14.0. The van der Waals surface area contributed by atoms with Crippen LogP contribution in [0, 0.1) is 0 Å². The van der Waals surface area contributed by atoms with Gasteiger partial charge in [0.25, 0.3) is 0 Å². The summed E-state index contributed by atoms with van der Waals surface area (Å²) in [6.07, 6.45) is 0.684. The van der Waals surface area contributed by atoms with Gasteiger partial charge in [-0.15, -0.1) is 0 Å². The van der Waals surface area contributed by atoms with Crippen LogP contribution in [-0.2, 0) is 26.1 Å². The molecule has 6 rings (SSSR count). The number of aryl methyl sites for hydroxylation is 1. The normalized spacial score (nSPS) is 17.4. The Bertz CT molecular complexity index is 2080. The molecule has 0 aliphatic carbocycles. The van der Waals surface area contributed by atoms with Gasteiger partial charge in [0.1, 0.15) is 17.1 Å². The number of hydrogen-bond acceptors (Lipinski definition) is 7.